The Morgan fingerprint density at radius 2 is 1.87 bits per heavy atom. The zero-order chi connectivity index (χ0) is 11.1. The van der Waals surface area contributed by atoms with Gasteiger partial charge in [0, 0.05) is 5.92 Å². The van der Waals surface area contributed by atoms with Crippen LogP contribution in [-0.2, 0) is 0 Å². The van der Waals surface area contributed by atoms with E-state index in [4.69, 9.17) is 10.00 Å². The van der Waals surface area contributed by atoms with Crippen molar-refractivity contribution in [1.82, 2.24) is 0 Å². The minimum atomic E-state index is 0.128. The predicted molar refractivity (Wildman–Crippen MR) is 58.6 cm³/mol. The summed E-state index contributed by atoms with van der Waals surface area (Å²) in [4.78, 5) is 0. The van der Waals surface area contributed by atoms with Crippen LogP contribution in [0, 0.1) is 22.7 Å². The average molecular weight is 201 g/mol. The van der Waals surface area contributed by atoms with Crippen LogP contribution in [0.1, 0.15) is 25.3 Å². The van der Waals surface area contributed by atoms with E-state index in [2.05, 4.69) is 32.0 Å². The van der Waals surface area contributed by atoms with E-state index >= 15 is 0 Å². The Morgan fingerprint density at radius 3 is 2.27 bits per heavy atom. The Hall–Kier alpha value is -1.49. The molecule has 0 saturated heterocycles. The van der Waals surface area contributed by atoms with Crippen molar-refractivity contribution < 1.29 is 4.74 Å². The third-order valence-electron chi connectivity index (χ3n) is 3.44. The van der Waals surface area contributed by atoms with Crippen molar-refractivity contribution in [1.29, 1.82) is 5.26 Å². The second kappa shape index (κ2) is 3.27. The molecule has 15 heavy (non-hydrogen) atoms. The quantitative estimate of drug-likeness (QED) is 0.737. The van der Waals surface area contributed by atoms with Crippen molar-refractivity contribution in [3.63, 3.8) is 0 Å². The van der Waals surface area contributed by atoms with Crippen molar-refractivity contribution in [2.24, 2.45) is 11.3 Å². The second-order valence-corrected chi connectivity index (χ2v) is 4.68. The van der Waals surface area contributed by atoms with E-state index in [9.17, 15) is 0 Å². The van der Waals surface area contributed by atoms with Crippen LogP contribution in [0.4, 0.5) is 0 Å². The molecule has 0 spiro atoms. The number of rotatable bonds is 2. The van der Waals surface area contributed by atoms with Gasteiger partial charge in [0.15, 0.2) is 0 Å². The zero-order valence-electron chi connectivity index (χ0n) is 9.32. The molecule has 1 saturated carbocycles. The molecule has 2 nitrogen and oxygen atoms in total. The first kappa shape index (κ1) is 10.0. The molecule has 0 N–H and O–H groups in total. The molecule has 0 amide bonds. The number of benzene rings is 1. The van der Waals surface area contributed by atoms with Gasteiger partial charge >= 0.3 is 0 Å². The van der Waals surface area contributed by atoms with Gasteiger partial charge in [-0.1, -0.05) is 26.0 Å². The third-order valence-corrected chi connectivity index (χ3v) is 3.44. The van der Waals surface area contributed by atoms with E-state index in [-0.39, 0.29) is 11.3 Å². The van der Waals surface area contributed by atoms with Crippen LogP contribution >= 0.6 is 0 Å². The topological polar surface area (TPSA) is 33.0 Å². The highest BCUT2D eigenvalue weighted by atomic mass is 16.5. The summed E-state index contributed by atoms with van der Waals surface area (Å²) < 4.78 is 5.11. The highest BCUT2D eigenvalue weighted by Gasteiger charge is 2.58. The lowest BCUT2D eigenvalue weighted by Crippen LogP contribution is -1.90. The molecule has 1 aromatic carbocycles. The van der Waals surface area contributed by atoms with Gasteiger partial charge in [0.05, 0.1) is 19.1 Å². The summed E-state index contributed by atoms with van der Waals surface area (Å²) in [5.41, 5.74) is 1.37. The van der Waals surface area contributed by atoms with Crippen LogP contribution in [0.2, 0.25) is 0 Å². The fraction of sp³-hybridized carbons (Fsp3) is 0.462. The Morgan fingerprint density at radius 1 is 1.27 bits per heavy atom. The summed E-state index contributed by atoms with van der Waals surface area (Å²) in [6.45, 7) is 4.30. The molecular formula is C13H15NO. The summed E-state index contributed by atoms with van der Waals surface area (Å²) in [5, 5.41) is 9.00. The first-order valence-corrected chi connectivity index (χ1v) is 5.15. The molecule has 0 bridgehead atoms. The third kappa shape index (κ3) is 1.48. The van der Waals surface area contributed by atoms with Gasteiger partial charge in [0.25, 0.3) is 0 Å². The van der Waals surface area contributed by atoms with Crippen LogP contribution in [-0.4, -0.2) is 7.11 Å². The summed E-state index contributed by atoms with van der Waals surface area (Å²) in [7, 11) is 1.66. The largest absolute Gasteiger partial charge is 0.497 e. The van der Waals surface area contributed by atoms with E-state index in [0.717, 1.165) is 5.75 Å². The van der Waals surface area contributed by atoms with Crippen molar-refractivity contribution >= 4 is 0 Å². The maximum absolute atomic E-state index is 9.00. The monoisotopic (exact) mass is 201 g/mol. The van der Waals surface area contributed by atoms with Crippen molar-refractivity contribution in [3.8, 4) is 11.8 Å². The number of nitriles is 1. The predicted octanol–water partition coefficient (Wildman–Crippen LogP) is 2.96. The molecule has 1 fully saturated rings. The Labute approximate surface area is 90.5 Å². The van der Waals surface area contributed by atoms with Crippen LogP contribution in [0.15, 0.2) is 24.3 Å². The van der Waals surface area contributed by atoms with Gasteiger partial charge in [-0.15, -0.1) is 0 Å². The van der Waals surface area contributed by atoms with E-state index < -0.39 is 0 Å². The Balaban J connectivity index is 2.23. The van der Waals surface area contributed by atoms with Gasteiger partial charge in [-0.05, 0) is 23.1 Å². The molecule has 1 aliphatic carbocycles. The fourth-order valence-electron chi connectivity index (χ4n) is 2.31. The first-order valence-electron chi connectivity index (χ1n) is 5.15. The molecule has 0 aromatic heterocycles. The zero-order valence-corrected chi connectivity index (χ0v) is 9.32. The van der Waals surface area contributed by atoms with E-state index in [1.54, 1.807) is 7.11 Å². The van der Waals surface area contributed by atoms with Gasteiger partial charge in [0.2, 0.25) is 0 Å². The van der Waals surface area contributed by atoms with Crippen molar-refractivity contribution in [2.75, 3.05) is 7.11 Å². The molecule has 2 atom stereocenters. The van der Waals surface area contributed by atoms with Crippen molar-refractivity contribution in [3.05, 3.63) is 29.8 Å². The van der Waals surface area contributed by atoms with E-state index in [0.29, 0.717) is 5.92 Å². The minimum absolute atomic E-state index is 0.128. The molecule has 1 aromatic rings. The normalized spacial score (nSPS) is 26.8. The van der Waals surface area contributed by atoms with E-state index in [1.807, 2.05) is 12.1 Å². The fourth-order valence-corrected chi connectivity index (χ4v) is 2.31. The van der Waals surface area contributed by atoms with Gasteiger partial charge in [-0.2, -0.15) is 5.26 Å². The molecule has 0 unspecified atom stereocenters. The SMILES string of the molecule is COc1ccc([C@@H]2[C@@H](C#N)C2(C)C)cc1. The molecular weight excluding hydrogens is 186 g/mol. The van der Waals surface area contributed by atoms with Crippen LogP contribution in [0.5, 0.6) is 5.75 Å². The highest BCUT2D eigenvalue weighted by molar-refractivity contribution is 5.38. The molecule has 0 radical (unpaired) electrons. The van der Waals surface area contributed by atoms with Crippen molar-refractivity contribution in [2.45, 2.75) is 19.8 Å². The summed E-state index contributed by atoms with van der Waals surface area (Å²) in [5.74, 6) is 1.41. The lowest BCUT2D eigenvalue weighted by Gasteiger charge is -2.04. The van der Waals surface area contributed by atoms with Gasteiger partial charge in [-0.3, -0.25) is 0 Å². The Kier molecular flexibility index (Phi) is 2.19. The minimum Gasteiger partial charge on any atom is -0.497 e. The number of ether oxygens (including phenoxy) is 1. The summed E-state index contributed by atoms with van der Waals surface area (Å²) in [6.07, 6.45) is 0. The number of methoxy groups -OCH3 is 1. The van der Waals surface area contributed by atoms with Crippen LogP contribution in [0.3, 0.4) is 0 Å². The summed E-state index contributed by atoms with van der Waals surface area (Å²) >= 11 is 0. The van der Waals surface area contributed by atoms with Gasteiger partial charge in [-0.25, -0.2) is 0 Å². The molecule has 2 rings (SSSR count). The molecule has 2 heteroatoms. The molecule has 0 heterocycles. The maximum Gasteiger partial charge on any atom is 0.118 e. The molecule has 78 valence electrons. The number of hydrogen-bond acceptors (Lipinski definition) is 2. The molecule has 1 aliphatic rings. The van der Waals surface area contributed by atoms with Crippen LogP contribution < -0.4 is 4.74 Å². The summed E-state index contributed by atoms with van der Waals surface area (Å²) in [6, 6.07) is 10.4. The highest BCUT2D eigenvalue weighted by Crippen LogP contribution is 2.63. The molecule has 0 aliphatic heterocycles. The number of hydrogen-bond donors (Lipinski definition) is 0. The van der Waals surface area contributed by atoms with E-state index in [1.165, 1.54) is 5.56 Å². The average Bonchev–Trinajstić information content (AvgIpc) is 2.80. The van der Waals surface area contributed by atoms with Crippen LogP contribution in [0.25, 0.3) is 0 Å². The van der Waals surface area contributed by atoms with Gasteiger partial charge < -0.3 is 4.74 Å². The lowest BCUT2D eigenvalue weighted by molar-refractivity contribution is 0.414. The Bertz CT molecular complexity index is 400. The maximum atomic E-state index is 9.00. The second-order valence-electron chi connectivity index (χ2n) is 4.68. The first-order chi connectivity index (χ1) is 7.11. The smallest absolute Gasteiger partial charge is 0.118 e. The lowest BCUT2D eigenvalue weighted by atomic mass is 10.0. The number of nitrogens with zero attached hydrogens (tertiary/aromatic N) is 1. The standard InChI is InChI=1S/C13H15NO/c1-13(2)11(8-14)12(13)9-4-6-10(15-3)7-5-9/h4-7,11-12H,1-3H3/t11-,12-/m1/s1. The van der Waals surface area contributed by atoms with Gasteiger partial charge in [0.1, 0.15) is 5.75 Å².